The number of rotatable bonds is 3. The van der Waals surface area contributed by atoms with Crippen LogP contribution in [-0.2, 0) is 11.3 Å². The molecule has 2 aliphatic carbocycles. The van der Waals surface area contributed by atoms with Crippen molar-refractivity contribution in [2.45, 2.75) is 51.7 Å². The molecule has 0 atom stereocenters. The largest absolute Gasteiger partial charge is 0.390 e. The molecule has 2 aromatic heterocycles. The summed E-state index contributed by atoms with van der Waals surface area (Å²) in [5.41, 5.74) is 1.91. The summed E-state index contributed by atoms with van der Waals surface area (Å²) < 4.78 is 2.29. The molecule has 1 spiro atoms. The summed E-state index contributed by atoms with van der Waals surface area (Å²) in [5, 5.41) is 11.0. The van der Waals surface area contributed by atoms with Crippen LogP contribution in [0.25, 0.3) is 11.0 Å². The Morgan fingerprint density at radius 3 is 2.65 bits per heavy atom. The average Bonchev–Trinajstić information content (AvgIpc) is 2.87. The van der Waals surface area contributed by atoms with Crippen molar-refractivity contribution in [1.29, 1.82) is 0 Å². The van der Waals surface area contributed by atoms with Gasteiger partial charge in [0.1, 0.15) is 5.65 Å². The number of hydrogen-bond donors (Lipinski definition) is 1. The molecule has 138 valence electrons. The molecule has 1 amide bonds. The minimum absolute atomic E-state index is 0.0544. The monoisotopic (exact) mass is 353 g/mol. The lowest BCUT2D eigenvalue weighted by atomic mass is 9.57. The van der Waals surface area contributed by atoms with Crippen molar-refractivity contribution in [1.82, 2.24) is 14.5 Å². The molecule has 0 unspecified atom stereocenters. The second-order valence-electron chi connectivity index (χ2n) is 9.40. The van der Waals surface area contributed by atoms with Gasteiger partial charge in [0, 0.05) is 48.2 Å². The lowest BCUT2D eigenvalue weighted by Gasteiger charge is -2.60. The Morgan fingerprint density at radius 1 is 1.23 bits per heavy atom. The lowest BCUT2D eigenvalue weighted by molar-refractivity contribution is -0.171. The van der Waals surface area contributed by atoms with Crippen LogP contribution in [0.1, 0.15) is 38.3 Å². The summed E-state index contributed by atoms with van der Waals surface area (Å²) in [6, 6.07) is 6.35. The van der Waals surface area contributed by atoms with Crippen LogP contribution in [-0.4, -0.2) is 44.2 Å². The zero-order chi connectivity index (χ0) is 18.1. The Bertz CT molecular complexity index is 863. The smallest absolute Gasteiger partial charge is 0.225 e. The molecular formula is C21H27N3O2. The van der Waals surface area contributed by atoms with Crippen molar-refractivity contribution >= 4 is 16.9 Å². The van der Waals surface area contributed by atoms with Gasteiger partial charge in [-0.15, -0.1) is 0 Å². The van der Waals surface area contributed by atoms with E-state index < -0.39 is 5.60 Å². The van der Waals surface area contributed by atoms with Crippen LogP contribution in [0, 0.1) is 24.2 Å². The molecule has 1 aliphatic heterocycles. The summed E-state index contributed by atoms with van der Waals surface area (Å²) >= 11 is 0. The lowest BCUT2D eigenvalue weighted by Crippen LogP contribution is -2.66. The number of carbonyl (C=O) groups excluding carboxylic acids is 1. The zero-order valence-electron chi connectivity index (χ0n) is 15.6. The molecule has 26 heavy (non-hydrogen) atoms. The van der Waals surface area contributed by atoms with Crippen molar-refractivity contribution < 1.29 is 9.90 Å². The van der Waals surface area contributed by atoms with Gasteiger partial charge >= 0.3 is 0 Å². The number of aromatic nitrogens is 2. The van der Waals surface area contributed by atoms with Gasteiger partial charge in [-0.3, -0.25) is 4.79 Å². The second kappa shape index (κ2) is 5.32. The van der Waals surface area contributed by atoms with Gasteiger partial charge in [0.2, 0.25) is 5.91 Å². The number of aliphatic hydroxyl groups is 1. The maximum atomic E-state index is 12.4. The Morgan fingerprint density at radius 2 is 1.96 bits per heavy atom. The minimum Gasteiger partial charge on any atom is -0.390 e. The number of carbonyl (C=O) groups is 1. The van der Waals surface area contributed by atoms with Gasteiger partial charge in [-0.1, -0.05) is 0 Å². The van der Waals surface area contributed by atoms with Crippen molar-refractivity contribution in [3.05, 3.63) is 30.1 Å². The molecule has 3 aliphatic rings. The van der Waals surface area contributed by atoms with E-state index in [-0.39, 0.29) is 11.8 Å². The quantitative estimate of drug-likeness (QED) is 0.923. The van der Waals surface area contributed by atoms with Crippen LogP contribution in [0.3, 0.4) is 0 Å². The normalized spacial score (nSPS) is 30.1. The maximum absolute atomic E-state index is 12.4. The molecule has 0 bridgehead atoms. The third-order valence-electron chi connectivity index (χ3n) is 6.73. The van der Waals surface area contributed by atoms with Gasteiger partial charge in [0.15, 0.2) is 0 Å². The first-order chi connectivity index (χ1) is 12.3. The highest BCUT2D eigenvalue weighted by Gasteiger charge is 2.55. The van der Waals surface area contributed by atoms with Crippen molar-refractivity contribution in [3.63, 3.8) is 0 Å². The Balaban J connectivity index is 1.15. The summed E-state index contributed by atoms with van der Waals surface area (Å²) in [4.78, 5) is 19.2. The second-order valence-corrected chi connectivity index (χ2v) is 9.40. The summed E-state index contributed by atoms with van der Waals surface area (Å²) in [7, 11) is 0. The van der Waals surface area contributed by atoms with Crippen LogP contribution in [0.5, 0.6) is 0 Å². The first-order valence-electron chi connectivity index (χ1n) is 9.76. The van der Waals surface area contributed by atoms with Gasteiger partial charge in [0.25, 0.3) is 0 Å². The van der Waals surface area contributed by atoms with Crippen molar-refractivity contribution in [3.8, 4) is 0 Å². The summed E-state index contributed by atoms with van der Waals surface area (Å²) in [6.45, 7) is 6.74. The van der Waals surface area contributed by atoms with Gasteiger partial charge in [-0.25, -0.2) is 4.98 Å². The average molecular weight is 353 g/mol. The molecule has 2 saturated carbocycles. The maximum Gasteiger partial charge on any atom is 0.225 e. The predicted molar refractivity (Wildman–Crippen MR) is 99.6 cm³/mol. The number of likely N-dealkylation sites (tertiary alicyclic amines) is 1. The van der Waals surface area contributed by atoms with E-state index in [0.717, 1.165) is 31.0 Å². The van der Waals surface area contributed by atoms with E-state index in [2.05, 4.69) is 33.9 Å². The Hall–Kier alpha value is -1.88. The molecule has 0 aromatic carbocycles. The molecule has 5 nitrogen and oxygen atoms in total. The Kier molecular flexibility index (Phi) is 3.34. The van der Waals surface area contributed by atoms with Crippen LogP contribution in [0.15, 0.2) is 24.4 Å². The van der Waals surface area contributed by atoms with Crippen molar-refractivity contribution in [2.24, 2.45) is 17.3 Å². The minimum atomic E-state index is -0.615. The summed E-state index contributed by atoms with van der Waals surface area (Å²) in [5.74, 6) is 1.01. The van der Waals surface area contributed by atoms with E-state index in [9.17, 15) is 9.90 Å². The van der Waals surface area contributed by atoms with E-state index in [1.165, 1.54) is 18.2 Å². The van der Waals surface area contributed by atoms with Crippen LogP contribution in [0.4, 0.5) is 0 Å². The highest BCUT2D eigenvalue weighted by molar-refractivity contribution is 5.81. The molecule has 5 rings (SSSR count). The molecule has 3 fully saturated rings. The van der Waals surface area contributed by atoms with Crippen LogP contribution < -0.4 is 0 Å². The van der Waals surface area contributed by atoms with Crippen molar-refractivity contribution in [2.75, 3.05) is 13.1 Å². The van der Waals surface area contributed by atoms with Gasteiger partial charge in [-0.05, 0) is 63.6 Å². The van der Waals surface area contributed by atoms with Gasteiger partial charge in [-0.2, -0.15) is 0 Å². The van der Waals surface area contributed by atoms with Gasteiger partial charge < -0.3 is 14.6 Å². The number of aryl methyl sites for hydroxylation is 1. The molecule has 3 heterocycles. The molecule has 1 N–H and O–H groups in total. The molecular weight excluding hydrogens is 326 g/mol. The number of amides is 1. The molecule has 1 saturated heterocycles. The Labute approximate surface area is 154 Å². The molecule has 5 heteroatoms. The summed E-state index contributed by atoms with van der Waals surface area (Å²) in [6.07, 6.45) is 5.84. The molecule has 2 aromatic rings. The van der Waals surface area contributed by atoms with E-state index in [1.54, 1.807) is 0 Å². The van der Waals surface area contributed by atoms with E-state index >= 15 is 0 Å². The van der Waals surface area contributed by atoms with E-state index in [1.807, 2.05) is 18.7 Å². The number of fused-ring (bicyclic) bond motifs is 1. The fraction of sp³-hybridized carbons (Fsp3) is 0.619. The highest BCUT2D eigenvalue weighted by Crippen LogP contribution is 2.53. The standard InChI is InChI=1S/C21H27N3O2/c1-14-3-4-16-5-6-23(18(16)22-14)11-15-7-21(8-15)12-24(13-21)19(25)17-9-20(2,26)10-17/h3-6,15,17,26H,7-13H2,1-2H3. The number of nitrogens with zero attached hydrogens (tertiary/aromatic N) is 3. The topological polar surface area (TPSA) is 58.4 Å². The molecule has 0 radical (unpaired) electrons. The third kappa shape index (κ3) is 2.56. The van der Waals surface area contributed by atoms with Gasteiger partial charge in [0.05, 0.1) is 5.60 Å². The first kappa shape index (κ1) is 16.3. The first-order valence-corrected chi connectivity index (χ1v) is 9.76. The fourth-order valence-electron chi connectivity index (χ4n) is 5.49. The van der Waals surface area contributed by atoms with Crippen LogP contribution in [0.2, 0.25) is 0 Å². The van der Waals surface area contributed by atoms with E-state index in [0.29, 0.717) is 24.2 Å². The fourth-order valence-corrected chi connectivity index (χ4v) is 5.49. The number of hydrogen-bond acceptors (Lipinski definition) is 3. The van der Waals surface area contributed by atoms with Crippen LogP contribution >= 0.6 is 0 Å². The third-order valence-corrected chi connectivity index (χ3v) is 6.73. The van der Waals surface area contributed by atoms with E-state index in [4.69, 9.17) is 0 Å². The highest BCUT2D eigenvalue weighted by atomic mass is 16.3. The number of pyridine rings is 1. The zero-order valence-corrected chi connectivity index (χ0v) is 15.6. The predicted octanol–water partition coefficient (Wildman–Crippen LogP) is 2.74. The SMILES string of the molecule is Cc1ccc2ccn(CC3CC4(C3)CN(C(=O)C3CC(C)(O)C3)C4)c2n1.